The summed E-state index contributed by atoms with van der Waals surface area (Å²) >= 11 is 0. The van der Waals surface area contributed by atoms with Gasteiger partial charge < -0.3 is 4.52 Å². The van der Waals surface area contributed by atoms with E-state index in [0.29, 0.717) is 30.6 Å². The Kier molecular flexibility index (Phi) is 5.27. The third kappa shape index (κ3) is 3.78. The van der Waals surface area contributed by atoms with Gasteiger partial charge in [-0.05, 0) is 32.8 Å². The Morgan fingerprint density at radius 2 is 1.76 bits per heavy atom. The number of piperazine rings is 1. The first kappa shape index (κ1) is 18.1. The van der Waals surface area contributed by atoms with Crippen LogP contribution in [-0.2, 0) is 16.4 Å². The smallest absolute Gasteiger partial charge is 0.248 e. The summed E-state index contributed by atoms with van der Waals surface area (Å²) < 4.78 is 32.3. The predicted octanol–water partition coefficient (Wildman–Crippen LogP) is 2.23. The molecule has 6 nitrogen and oxygen atoms in total. The molecule has 1 aromatic heterocycles. The van der Waals surface area contributed by atoms with Crippen molar-refractivity contribution in [2.75, 3.05) is 26.2 Å². The van der Waals surface area contributed by atoms with Crippen LogP contribution in [0.2, 0.25) is 0 Å². The standard InChI is InChI=1S/C18H25N3O3S/c1-14(13-17-7-5-4-6-8-17)20-9-11-21(12-10-20)25(22,23)18-15(2)19-24-16(18)3/h4-8,14H,9-13H2,1-3H3. The van der Waals surface area contributed by atoms with Gasteiger partial charge >= 0.3 is 0 Å². The van der Waals surface area contributed by atoms with Gasteiger partial charge in [-0.3, -0.25) is 4.90 Å². The molecule has 1 saturated heterocycles. The molecule has 136 valence electrons. The molecule has 1 aliphatic rings. The van der Waals surface area contributed by atoms with E-state index in [4.69, 9.17) is 4.52 Å². The third-order valence-electron chi connectivity index (χ3n) is 4.84. The number of nitrogens with zero attached hydrogens (tertiary/aromatic N) is 3. The molecule has 0 saturated carbocycles. The highest BCUT2D eigenvalue weighted by Gasteiger charge is 2.34. The van der Waals surface area contributed by atoms with Crippen molar-refractivity contribution >= 4 is 10.0 Å². The second-order valence-corrected chi connectivity index (χ2v) is 8.51. The zero-order valence-corrected chi connectivity index (χ0v) is 15.8. The molecule has 0 bridgehead atoms. The maximum atomic E-state index is 12.9. The molecule has 1 atom stereocenters. The van der Waals surface area contributed by atoms with Crippen molar-refractivity contribution in [3.63, 3.8) is 0 Å². The third-order valence-corrected chi connectivity index (χ3v) is 6.98. The lowest BCUT2D eigenvalue weighted by Crippen LogP contribution is -2.51. The SMILES string of the molecule is Cc1noc(C)c1S(=O)(=O)N1CCN(C(C)Cc2ccccc2)CC1. The highest BCUT2D eigenvalue weighted by atomic mass is 32.2. The number of benzene rings is 1. The van der Waals surface area contributed by atoms with Gasteiger partial charge in [-0.15, -0.1) is 0 Å². The fraction of sp³-hybridized carbons (Fsp3) is 0.500. The normalized spacial score (nSPS) is 18.4. The molecular formula is C18H25N3O3S. The highest BCUT2D eigenvalue weighted by Crippen LogP contribution is 2.24. The highest BCUT2D eigenvalue weighted by molar-refractivity contribution is 7.89. The van der Waals surface area contributed by atoms with Crippen molar-refractivity contribution < 1.29 is 12.9 Å². The Morgan fingerprint density at radius 1 is 1.12 bits per heavy atom. The van der Waals surface area contributed by atoms with Crippen LogP contribution in [0.4, 0.5) is 0 Å². The minimum absolute atomic E-state index is 0.221. The molecule has 2 aromatic rings. The molecule has 7 heteroatoms. The molecule has 3 rings (SSSR count). The Hall–Kier alpha value is -1.70. The lowest BCUT2D eigenvalue weighted by atomic mass is 10.1. The Bertz CT molecular complexity index is 790. The maximum Gasteiger partial charge on any atom is 0.248 e. The summed E-state index contributed by atoms with van der Waals surface area (Å²) in [6.07, 6.45) is 0.970. The zero-order chi connectivity index (χ0) is 18.0. The van der Waals surface area contributed by atoms with E-state index in [1.807, 2.05) is 6.07 Å². The summed E-state index contributed by atoms with van der Waals surface area (Å²) in [6, 6.07) is 10.8. The van der Waals surface area contributed by atoms with Crippen LogP contribution in [0.1, 0.15) is 23.9 Å². The van der Waals surface area contributed by atoms with Gasteiger partial charge in [0.15, 0.2) is 5.76 Å². The monoisotopic (exact) mass is 363 g/mol. The van der Waals surface area contributed by atoms with Crippen LogP contribution in [0.15, 0.2) is 39.8 Å². The summed E-state index contributed by atoms with van der Waals surface area (Å²) in [5, 5.41) is 3.78. The van der Waals surface area contributed by atoms with E-state index in [-0.39, 0.29) is 4.90 Å². The van der Waals surface area contributed by atoms with Crippen LogP contribution in [0.25, 0.3) is 0 Å². The molecule has 1 fully saturated rings. The number of aromatic nitrogens is 1. The van der Waals surface area contributed by atoms with Crippen LogP contribution in [0, 0.1) is 13.8 Å². The lowest BCUT2D eigenvalue weighted by Gasteiger charge is -2.37. The minimum atomic E-state index is -3.54. The molecule has 1 aliphatic heterocycles. The second-order valence-electron chi connectivity index (χ2n) is 6.63. The van der Waals surface area contributed by atoms with E-state index in [2.05, 4.69) is 41.2 Å². The van der Waals surface area contributed by atoms with Crippen LogP contribution in [-0.4, -0.2) is 55.0 Å². The molecule has 25 heavy (non-hydrogen) atoms. The number of hydrogen-bond acceptors (Lipinski definition) is 5. The van der Waals surface area contributed by atoms with Gasteiger partial charge in [-0.2, -0.15) is 4.31 Å². The van der Waals surface area contributed by atoms with Crippen LogP contribution >= 0.6 is 0 Å². The summed E-state index contributed by atoms with van der Waals surface area (Å²) in [4.78, 5) is 2.57. The van der Waals surface area contributed by atoms with Crippen molar-refractivity contribution in [1.82, 2.24) is 14.4 Å². The number of hydrogen-bond donors (Lipinski definition) is 0. The molecule has 0 radical (unpaired) electrons. The molecule has 0 aliphatic carbocycles. The van der Waals surface area contributed by atoms with E-state index < -0.39 is 10.0 Å². The van der Waals surface area contributed by atoms with Gasteiger partial charge in [0, 0.05) is 32.2 Å². The van der Waals surface area contributed by atoms with E-state index in [1.165, 1.54) is 5.56 Å². The fourth-order valence-corrected chi connectivity index (χ4v) is 5.15. The fourth-order valence-electron chi connectivity index (χ4n) is 3.44. The number of rotatable bonds is 5. The largest absolute Gasteiger partial charge is 0.360 e. The van der Waals surface area contributed by atoms with Crippen molar-refractivity contribution in [1.29, 1.82) is 0 Å². The van der Waals surface area contributed by atoms with Crippen molar-refractivity contribution in [3.05, 3.63) is 47.3 Å². The van der Waals surface area contributed by atoms with Gasteiger partial charge in [0.2, 0.25) is 10.0 Å². The Balaban J connectivity index is 1.64. The molecule has 0 N–H and O–H groups in total. The first-order valence-corrected chi connectivity index (χ1v) is 10.0. The van der Waals surface area contributed by atoms with Crippen molar-refractivity contribution in [2.45, 2.75) is 38.1 Å². The number of aryl methyl sites for hydroxylation is 2. The van der Waals surface area contributed by atoms with E-state index >= 15 is 0 Å². The second kappa shape index (κ2) is 7.27. The molecule has 0 spiro atoms. The first-order valence-electron chi connectivity index (χ1n) is 8.60. The van der Waals surface area contributed by atoms with Crippen molar-refractivity contribution in [3.8, 4) is 0 Å². The maximum absolute atomic E-state index is 12.9. The molecule has 0 amide bonds. The van der Waals surface area contributed by atoms with E-state index in [9.17, 15) is 8.42 Å². The molecule has 1 unspecified atom stereocenters. The topological polar surface area (TPSA) is 66.7 Å². The summed E-state index contributed by atoms with van der Waals surface area (Å²) in [6.45, 7) is 7.96. The van der Waals surface area contributed by atoms with Crippen molar-refractivity contribution in [2.24, 2.45) is 0 Å². The zero-order valence-electron chi connectivity index (χ0n) is 15.0. The summed E-state index contributed by atoms with van der Waals surface area (Å²) in [5.74, 6) is 0.359. The average molecular weight is 363 g/mol. The van der Waals surface area contributed by atoms with Gasteiger partial charge in [0.05, 0.1) is 0 Å². The van der Waals surface area contributed by atoms with Crippen LogP contribution < -0.4 is 0 Å². The molecule has 2 heterocycles. The van der Waals surface area contributed by atoms with E-state index in [1.54, 1.807) is 18.2 Å². The van der Waals surface area contributed by atoms with Crippen LogP contribution in [0.3, 0.4) is 0 Å². The first-order chi connectivity index (χ1) is 11.9. The average Bonchev–Trinajstić information content (AvgIpc) is 2.95. The summed E-state index contributed by atoms with van der Waals surface area (Å²) in [7, 11) is -3.54. The van der Waals surface area contributed by atoms with Gasteiger partial charge in [-0.25, -0.2) is 8.42 Å². The Morgan fingerprint density at radius 3 is 2.32 bits per heavy atom. The Labute approximate surface area is 149 Å². The minimum Gasteiger partial charge on any atom is -0.360 e. The number of sulfonamides is 1. The molecular weight excluding hydrogens is 338 g/mol. The van der Waals surface area contributed by atoms with Gasteiger partial charge in [-0.1, -0.05) is 35.5 Å². The molecule has 1 aromatic carbocycles. The van der Waals surface area contributed by atoms with Gasteiger partial charge in [0.1, 0.15) is 10.6 Å². The predicted molar refractivity (Wildman–Crippen MR) is 95.9 cm³/mol. The quantitative estimate of drug-likeness (QED) is 0.815. The summed E-state index contributed by atoms with van der Waals surface area (Å²) in [5.41, 5.74) is 1.73. The van der Waals surface area contributed by atoms with Gasteiger partial charge in [0.25, 0.3) is 0 Å². The van der Waals surface area contributed by atoms with Crippen LogP contribution in [0.5, 0.6) is 0 Å². The van der Waals surface area contributed by atoms with E-state index in [0.717, 1.165) is 19.5 Å². The lowest BCUT2D eigenvalue weighted by molar-refractivity contribution is 0.145.